The predicted octanol–water partition coefficient (Wildman–Crippen LogP) is 3.19. The fraction of sp³-hybridized carbons (Fsp3) is 0.0588. The van der Waals surface area contributed by atoms with Crippen LogP contribution in [0.1, 0.15) is 25.6 Å². The van der Waals surface area contributed by atoms with Crippen molar-refractivity contribution in [3.05, 3.63) is 74.6 Å². The SMILES string of the molecule is Cc1c(C(=O)NNC(=O)c2ccc([N+](=O)[O-])cc2)sc2ccccc12. The average Bonchev–Trinajstić information content (AvgIpc) is 2.96. The van der Waals surface area contributed by atoms with Crippen LogP contribution in [0, 0.1) is 17.0 Å². The Bertz CT molecular complexity index is 979. The molecule has 0 aliphatic rings. The van der Waals surface area contributed by atoms with Gasteiger partial charge in [0.1, 0.15) is 0 Å². The zero-order valence-electron chi connectivity index (χ0n) is 13.1. The Morgan fingerprint density at radius 2 is 1.64 bits per heavy atom. The predicted molar refractivity (Wildman–Crippen MR) is 94.6 cm³/mol. The number of nitro benzene ring substituents is 1. The number of aryl methyl sites for hydroxylation is 1. The molecule has 8 heteroatoms. The molecule has 0 aliphatic heterocycles. The number of carbonyl (C=O) groups is 2. The van der Waals surface area contributed by atoms with Crippen molar-refractivity contribution in [2.45, 2.75) is 6.92 Å². The van der Waals surface area contributed by atoms with Crippen molar-refractivity contribution < 1.29 is 14.5 Å². The van der Waals surface area contributed by atoms with Crippen molar-refractivity contribution in [2.24, 2.45) is 0 Å². The first-order chi connectivity index (χ1) is 12.0. The number of hydrazine groups is 1. The number of amides is 2. The topological polar surface area (TPSA) is 101 Å². The second-order valence-electron chi connectivity index (χ2n) is 5.26. The Kier molecular flexibility index (Phi) is 4.44. The summed E-state index contributed by atoms with van der Waals surface area (Å²) in [4.78, 5) is 34.9. The molecule has 0 saturated carbocycles. The van der Waals surface area contributed by atoms with Gasteiger partial charge in [0.05, 0.1) is 9.80 Å². The largest absolute Gasteiger partial charge is 0.280 e. The van der Waals surface area contributed by atoms with Gasteiger partial charge in [-0.15, -0.1) is 11.3 Å². The van der Waals surface area contributed by atoms with E-state index in [0.717, 1.165) is 15.6 Å². The summed E-state index contributed by atoms with van der Waals surface area (Å²) in [6.45, 7) is 1.85. The lowest BCUT2D eigenvalue weighted by Crippen LogP contribution is -2.41. The van der Waals surface area contributed by atoms with Gasteiger partial charge >= 0.3 is 0 Å². The van der Waals surface area contributed by atoms with Crippen molar-refractivity contribution in [2.75, 3.05) is 0 Å². The number of thiophene rings is 1. The fourth-order valence-electron chi connectivity index (χ4n) is 2.37. The van der Waals surface area contributed by atoms with Crippen LogP contribution < -0.4 is 10.9 Å². The van der Waals surface area contributed by atoms with Crippen molar-refractivity contribution in [3.63, 3.8) is 0 Å². The molecule has 2 amide bonds. The van der Waals surface area contributed by atoms with Crippen LogP contribution in [0.2, 0.25) is 0 Å². The van der Waals surface area contributed by atoms with E-state index < -0.39 is 16.7 Å². The Morgan fingerprint density at radius 1 is 1.00 bits per heavy atom. The van der Waals surface area contributed by atoms with E-state index >= 15 is 0 Å². The second-order valence-corrected chi connectivity index (χ2v) is 6.32. The average molecular weight is 355 g/mol. The third-order valence-corrected chi connectivity index (χ3v) is 4.95. The van der Waals surface area contributed by atoms with Gasteiger partial charge in [-0.2, -0.15) is 0 Å². The highest BCUT2D eigenvalue weighted by molar-refractivity contribution is 7.21. The van der Waals surface area contributed by atoms with Crippen LogP contribution in [0.5, 0.6) is 0 Å². The van der Waals surface area contributed by atoms with Gasteiger partial charge in [-0.25, -0.2) is 0 Å². The Labute approximate surface area is 146 Å². The standard InChI is InChI=1S/C17H13N3O4S/c1-10-13-4-2-3-5-14(13)25-15(10)17(22)19-18-16(21)11-6-8-12(9-7-11)20(23)24/h2-9H,1H3,(H,18,21)(H,19,22). The van der Waals surface area contributed by atoms with Crippen molar-refractivity contribution in [1.82, 2.24) is 10.9 Å². The van der Waals surface area contributed by atoms with Gasteiger partial charge < -0.3 is 0 Å². The molecule has 0 fully saturated rings. The number of carbonyl (C=O) groups excluding carboxylic acids is 2. The summed E-state index contributed by atoms with van der Waals surface area (Å²) in [5.41, 5.74) is 5.64. The molecule has 0 bridgehead atoms. The molecule has 0 atom stereocenters. The molecule has 0 unspecified atom stereocenters. The third kappa shape index (κ3) is 3.33. The first-order valence-electron chi connectivity index (χ1n) is 7.30. The smallest absolute Gasteiger partial charge is 0.267 e. The summed E-state index contributed by atoms with van der Waals surface area (Å²) in [6.07, 6.45) is 0. The van der Waals surface area contributed by atoms with Crippen molar-refractivity contribution in [3.8, 4) is 0 Å². The molecule has 126 valence electrons. The van der Waals surface area contributed by atoms with Gasteiger partial charge in [0.2, 0.25) is 0 Å². The van der Waals surface area contributed by atoms with E-state index in [1.807, 2.05) is 31.2 Å². The third-order valence-electron chi connectivity index (χ3n) is 3.68. The van der Waals surface area contributed by atoms with Crippen LogP contribution in [0.25, 0.3) is 10.1 Å². The van der Waals surface area contributed by atoms with Crippen LogP contribution in [-0.4, -0.2) is 16.7 Å². The molecule has 25 heavy (non-hydrogen) atoms. The minimum absolute atomic E-state index is 0.110. The van der Waals surface area contributed by atoms with E-state index in [4.69, 9.17) is 0 Å². The first kappa shape index (κ1) is 16.6. The molecule has 2 N–H and O–H groups in total. The van der Waals surface area contributed by atoms with Crippen molar-refractivity contribution >= 4 is 38.9 Å². The Balaban J connectivity index is 1.69. The highest BCUT2D eigenvalue weighted by Gasteiger charge is 2.16. The molecule has 1 heterocycles. The molecule has 2 aromatic carbocycles. The van der Waals surface area contributed by atoms with Crippen LogP contribution in [-0.2, 0) is 0 Å². The maximum absolute atomic E-state index is 12.3. The van der Waals surface area contributed by atoms with Gasteiger partial charge in [0.15, 0.2) is 0 Å². The number of benzene rings is 2. The van der Waals surface area contributed by atoms with E-state index in [1.54, 1.807) is 0 Å². The lowest BCUT2D eigenvalue weighted by atomic mass is 10.1. The van der Waals surface area contributed by atoms with Gasteiger partial charge in [0.25, 0.3) is 17.5 Å². The zero-order valence-corrected chi connectivity index (χ0v) is 13.9. The van der Waals surface area contributed by atoms with E-state index in [1.165, 1.54) is 35.6 Å². The van der Waals surface area contributed by atoms with Crippen molar-refractivity contribution in [1.29, 1.82) is 0 Å². The van der Waals surface area contributed by atoms with E-state index in [2.05, 4.69) is 10.9 Å². The van der Waals surface area contributed by atoms with Gasteiger partial charge in [0, 0.05) is 22.4 Å². The summed E-state index contributed by atoms with van der Waals surface area (Å²) in [5, 5.41) is 11.6. The minimum Gasteiger partial charge on any atom is -0.267 e. The molecule has 3 aromatic rings. The fourth-order valence-corrected chi connectivity index (χ4v) is 3.47. The summed E-state index contributed by atoms with van der Waals surface area (Å²) < 4.78 is 0.992. The Hall–Kier alpha value is -3.26. The number of hydrogen-bond acceptors (Lipinski definition) is 5. The maximum Gasteiger partial charge on any atom is 0.280 e. The molecule has 0 aliphatic carbocycles. The van der Waals surface area contributed by atoms with Crippen LogP contribution >= 0.6 is 11.3 Å². The molecular formula is C17H13N3O4S. The molecule has 0 spiro atoms. The maximum atomic E-state index is 12.3. The number of rotatable bonds is 3. The quantitative estimate of drug-likeness (QED) is 0.556. The van der Waals surface area contributed by atoms with Crippen LogP contribution in [0.15, 0.2) is 48.5 Å². The highest BCUT2D eigenvalue weighted by Crippen LogP contribution is 2.30. The zero-order chi connectivity index (χ0) is 18.0. The van der Waals surface area contributed by atoms with Crippen LogP contribution in [0.3, 0.4) is 0 Å². The first-order valence-corrected chi connectivity index (χ1v) is 8.12. The summed E-state index contributed by atoms with van der Waals surface area (Å²) in [5.74, 6) is -0.962. The van der Waals surface area contributed by atoms with E-state index in [-0.39, 0.29) is 11.3 Å². The molecule has 0 radical (unpaired) electrons. The molecule has 3 rings (SSSR count). The normalized spacial score (nSPS) is 10.4. The lowest BCUT2D eigenvalue weighted by Gasteiger charge is -2.07. The molecule has 0 saturated heterocycles. The summed E-state index contributed by atoms with van der Waals surface area (Å²) in [6, 6.07) is 12.8. The number of fused-ring (bicyclic) bond motifs is 1. The number of non-ortho nitro benzene ring substituents is 1. The minimum atomic E-state index is -0.554. The molecule has 7 nitrogen and oxygen atoms in total. The number of nitro groups is 1. The lowest BCUT2D eigenvalue weighted by molar-refractivity contribution is -0.384. The molecule has 1 aromatic heterocycles. The monoisotopic (exact) mass is 355 g/mol. The highest BCUT2D eigenvalue weighted by atomic mass is 32.1. The Morgan fingerprint density at radius 3 is 2.28 bits per heavy atom. The van der Waals surface area contributed by atoms with Gasteiger partial charge in [-0.1, -0.05) is 18.2 Å². The number of nitrogens with zero attached hydrogens (tertiary/aromatic N) is 1. The summed E-state index contributed by atoms with van der Waals surface area (Å²) in [7, 11) is 0. The summed E-state index contributed by atoms with van der Waals surface area (Å²) >= 11 is 1.35. The van der Waals surface area contributed by atoms with Gasteiger partial charge in [-0.3, -0.25) is 30.6 Å². The number of hydrogen-bond donors (Lipinski definition) is 2. The van der Waals surface area contributed by atoms with E-state index in [9.17, 15) is 19.7 Å². The number of nitrogens with one attached hydrogen (secondary N) is 2. The second kappa shape index (κ2) is 6.70. The van der Waals surface area contributed by atoms with Gasteiger partial charge in [-0.05, 0) is 36.1 Å². The van der Waals surface area contributed by atoms with E-state index in [0.29, 0.717) is 4.88 Å². The van der Waals surface area contributed by atoms with Crippen LogP contribution in [0.4, 0.5) is 5.69 Å². The molecular weight excluding hydrogens is 342 g/mol.